The number of carbonyl (C=O) groups is 2. The fraction of sp³-hybridized carbons (Fsp3) is 0.348. The van der Waals surface area contributed by atoms with Crippen LogP contribution in [-0.2, 0) is 10.2 Å². The molecule has 34 heavy (non-hydrogen) atoms. The fourth-order valence-corrected chi connectivity index (χ4v) is 3.23. The summed E-state index contributed by atoms with van der Waals surface area (Å²) < 4.78 is 44.8. The Morgan fingerprint density at radius 1 is 1.09 bits per heavy atom. The molecule has 0 aromatic heterocycles. The monoisotopic (exact) mass is 482 g/mol. The van der Waals surface area contributed by atoms with Crippen molar-refractivity contribution in [2.45, 2.75) is 39.3 Å². The molecule has 2 rings (SSSR count). The van der Waals surface area contributed by atoms with Crippen LogP contribution in [0, 0.1) is 0 Å². The van der Waals surface area contributed by atoms with E-state index in [-0.39, 0.29) is 35.9 Å². The first-order chi connectivity index (χ1) is 15.7. The quantitative estimate of drug-likeness (QED) is 0.302. The van der Waals surface area contributed by atoms with E-state index in [2.05, 4.69) is 5.16 Å². The summed E-state index contributed by atoms with van der Waals surface area (Å²) in [7, 11) is 0. The van der Waals surface area contributed by atoms with E-state index in [1.165, 1.54) is 31.2 Å². The van der Waals surface area contributed by atoms with Crippen molar-refractivity contribution < 1.29 is 42.9 Å². The van der Waals surface area contributed by atoms with Crippen LogP contribution in [-0.4, -0.2) is 52.3 Å². The Bertz CT molecular complexity index is 1110. The van der Waals surface area contributed by atoms with Crippen LogP contribution in [0.5, 0.6) is 11.5 Å². The van der Waals surface area contributed by atoms with Gasteiger partial charge < -0.3 is 25.1 Å². The zero-order valence-corrected chi connectivity index (χ0v) is 19.0. The van der Waals surface area contributed by atoms with Gasteiger partial charge in [-0.05, 0) is 42.2 Å². The second kappa shape index (κ2) is 10.0. The number of hydrogen-bond donors (Lipinski definition) is 3. The van der Waals surface area contributed by atoms with Crippen LogP contribution in [0.15, 0.2) is 41.6 Å². The van der Waals surface area contributed by atoms with Crippen molar-refractivity contribution in [3.8, 4) is 11.5 Å². The number of carbonyl (C=O) groups excluding carboxylic acids is 1. The van der Waals surface area contributed by atoms with Crippen molar-refractivity contribution in [2.75, 3.05) is 18.1 Å². The Morgan fingerprint density at radius 3 is 2.21 bits per heavy atom. The van der Waals surface area contributed by atoms with Gasteiger partial charge in [0.15, 0.2) is 0 Å². The molecule has 0 bridgehead atoms. The van der Waals surface area contributed by atoms with Gasteiger partial charge in [-0.15, -0.1) is 0 Å². The molecule has 0 fully saturated rings. The number of phenols is 1. The van der Waals surface area contributed by atoms with Crippen molar-refractivity contribution in [1.82, 2.24) is 0 Å². The van der Waals surface area contributed by atoms with E-state index in [1.807, 2.05) is 0 Å². The van der Waals surface area contributed by atoms with Crippen LogP contribution in [0.2, 0.25) is 0 Å². The zero-order chi connectivity index (χ0) is 25.8. The molecular weight excluding hydrogens is 457 g/mol. The molecule has 0 heterocycles. The summed E-state index contributed by atoms with van der Waals surface area (Å²) in [6, 6.07) is 7.81. The smallest absolute Gasteiger partial charge is 0.471 e. The highest BCUT2D eigenvalue weighted by molar-refractivity contribution is 6.03. The van der Waals surface area contributed by atoms with Crippen LogP contribution in [0.25, 0.3) is 0 Å². The number of halogens is 3. The fourth-order valence-electron chi connectivity index (χ4n) is 3.23. The number of ether oxygens (including phenoxy) is 1. The summed E-state index contributed by atoms with van der Waals surface area (Å²) in [5.74, 6) is -3.72. The predicted octanol–water partition coefficient (Wildman–Crippen LogP) is 4.56. The van der Waals surface area contributed by atoms with Gasteiger partial charge in [0, 0.05) is 23.9 Å². The lowest BCUT2D eigenvalue weighted by Gasteiger charge is -2.30. The first kappa shape index (κ1) is 26.5. The minimum atomic E-state index is -5.04. The first-order valence-electron chi connectivity index (χ1n) is 10.1. The van der Waals surface area contributed by atoms with Gasteiger partial charge >= 0.3 is 18.1 Å². The number of rotatable bonds is 7. The van der Waals surface area contributed by atoms with Crippen molar-refractivity contribution in [2.24, 2.45) is 5.16 Å². The molecule has 3 N–H and O–H groups in total. The molecule has 0 aliphatic carbocycles. The topological polar surface area (TPSA) is 120 Å². The third-order valence-corrected chi connectivity index (χ3v) is 4.93. The molecule has 2 aromatic rings. The molecule has 0 saturated carbocycles. The molecule has 0 spiro atoms. The van der Waals surface area contributed by atoms with Gasteiger partial charge in [-0.25, -0.2) is 4.79 Å². The molecule has 0 aliphatic heterocycles. The number of alkyl halides is 3. The van der Waals surface area contributed by atoms with Crippen LogP contribution in [0.1, 0.15) is 49.2 Å². The largest absolute Gasteiger partial charge is 0.507 e. The van der Waals surface area contributed by atoms with Crippen molar-refractivity contribution >= 4 is 23.3 Å². The van der Waals surface area contributed by atoms with Gasteiger partial charge in [0.05, 0.1) is 0 Å². The molecule has 8 nitrogen and oxygen atoms in total. The highest BCUT2D eigenvalue weighted by atomic mass is 19.4. The van der Waals surface area contributed by atoms with E-state index in [0.717, 1.165) is 12.1 Å². The van der Waals surface area contributed by atoms with E-state index >= 15 is 0 Å². The third-order valence-electron chi connectivity index (χ3n) is 4.93. The molecule has 0 aliphatic rings. The van der Waals surface area contributed by atoms with Gasteiger partial charge in [0.25, 0.3) is 0 Å². The lowest BCUT2D eigenvalue weighted by molar-refractivity contribution is -0.170. The number of aromatic carboxylic acids is 1. The maximum absolute atomic E-state index is 13.1. The van der Waals surface area contributed by atoms with Crippen LogP contribution < -0.4 is 9.64 Å². The molecular formula is C23H25F3N2O6. The Kier molecular flexibility index (Phi) is 7.81. The van der Waals surface area contributed by atoms with Gasteiger partial charge in [0.2, 0.25) is 0 Å². The standard InChI is InChI=1S/C23H25F3N2O6/c1-5-28(21(32)23(24,25)26)18-9-6-13(10-16(18)22(2,3)4)17(27-33)12-34-14-7-8-15(20(30)31)19(29)11-14/h6-11,29,33H,5,12H2,1-4H3,(H,30,31)/b27-17-. The van der Waals surface area contributed by atoms with Crippen LogP contribution in [0.4, 0.5) is 18.9 Å². The van der Waals surface area contributed by atoms with Gasteiger partial charge in [-0.2, -0.15) is 13.2 Å². The van der Waals surface area contributed by atoms with Crippen molar-refractivity contribution in [1.29, 1.82) is 0 Å². The average molecular weight is 482 g/mol. The number of anilines is 1. The van der Waals surface area contributed by atoms with E-state index in [9.17, 15) is 33.1 Å². The normalized spacial score (nSPS) is 12.4. The maximum atomic E-state index is 13.1. The summed E-state index contributed by atoms with van der Waals surface area (Å²) in [4.78, 5) is 23.6. The Balaban J connectivity index is 2.40. The number of aromatic hydroxyl groups is 1. The molecule has 0 radical (unpaired) electrons. The predicted molar refractivity (Wildman–Crippen MR) is 118 cm³/mol. The second-order valence-corrected chi connectivity index (χ2v) is 8.35. The summed E-state index contributed by atoms with van der Waals surface area (Å²) in [5.41, 5.74) is -0.155. The average Bonchev–Trinajstić information content (AvgIpc) is 2.73. The summed E-state index contributed by atoms with van der Waals surface area (Å²) >= 11 is 0. The lowest BCUT2D eigenvalue weighted by Crippen LogP contribution is -2.42. The molecule has 2 aromatic carbocycles. The minimum Gasteiger partial charge on any atom is -0.507 e. The summed E-state index contributed by atoms with van der Waals surface area (Å²) in [6.45, 7) is 6.22. The number of hydrogen-bond acceptors (Lipinski definition) is 6. The highest BCUT2D eigenvalue weighted by Crippen LogP contribution is 2.35. The van der Waals surface area contributed by atoms with Gasteiger partial charge in [-0.3, -0.25) is 4.79 Å². The minimum absolute atomic E-state index is 0.0176. The molecule has 0 atom stereocenters. The molecule has 11 heteroatoms. The Morgan fingerprint density at radius 2 is 1.74 bits per heavy atom. The molecule has 184 valence electrons. The van der Waals surface area contributed by atoms with Crippen molar-refractivity contribution in [3.05, 3.63) is 53.1 Å². The van der Waals surface area contributed by atoms with E-state index in [0.29, 0.717) is 16.0 Å². The van der Waals surface area contributed by atoms with E-state index in [1.54, 1.807) is 20.8 Å². The number of nitrogens with zero attached hydrogens (tertiary/aromatic N) is 2. The van der Waals surface area contributed by atoms with E-state index in [4.69, 9.17) is 9.84 Å². The number of amides is 1. The summed E-state index contributed by atoms with van der Waals surface area (Å²) in [6.07, 6.45) is -5.04. The Hall–Kier alpha value is -3.76. The first-order valence-corrected chi connectivity index (χ1v) is 10.1. The lowest BCUT2D eigenvalue weighted by atomic mass is 9.84. The number of carboxylic acids is 1. The second-order valence-electron chi connectivity index (χ2n) is 8.35. The number of benzene rings is 2. The molecule has 0 unspecified atom stereocenters. The number of carboxylic acid groups (broad SMARTS) is 1. The number of oxime groups is 1. The molecule has 1 amide bonds. The van der Waals surface area contributed by atoms with Crippen LogP contribution in [0.3, 0.4) is 0 Å². The van der Waals surface area contributed by atoms with Gasteiger partial charge in [0.1, 0.15) is 29.4 Å². The van der Waals surface area contributed by atoms with Crippen molar-refractivity contribution in [3.63, 3.8) is 0 Å². The Labute approximate surface area is 193 Å². The third kappa shape index (κ3) is 5.97. The molecule has 0 saturated heterocycles. The maximum Gasteiger partial charge on any atom is 0.471 e. The van der Waals surface area contributed by atoms with E-state index < -0.39 is 29.2 Å². The van der Waals surface area contributed by atoms with Crippen LogP contribution >= 0.6 is 0 Å². The van der Waals surface area contributed by atoms with Gasteiger partial charge in [-0.1, -0.05) is 32.0 Å². The highest BCUT2D eigenvalue weighted by Gasteiger charge is 2.43. The SMILES string of the molecule is CCN(C(=O)C(F)(F)F)c1ccc(/C(COc2ccc(C(=O)O)c(O)c2)=N\O)cc1C(C)(C)C. The summed E-state index contributed by atoms with van der Waals surface area (Å²) in [5, 5.41) is 31.5. The zero-order valence-electron chi connectivity index (χ0n) is 19.0.